The maximum absolute atomic E-state index is 12.6. The molecular weight excluding hydrogens is 442 g/mol. The molecule has 0 saturated heterocycles. The first-order valence-electron chi connectivity index (χ1n) is 16.3. The Hall–Kier alpha value is -0.570. The molecule has 0 heterocycles. The van der Waals surface area contributed by atoms with Crippen LogP contribution in [-0.2, 0) is 4.79 Å². The molecule has 36 heavy (non-hydrogen) atoms. The molecule has 3 nitrogen and oxygen atoms in total. The summed E-state index contributed by atoms with van der Waals surface area (Å²) < 4.78 is 0. The van der Waals surface area contributed by atoms with Gasteiger partial charge in [-0.1, -0.05) is 169 Å². The summed E-state index contributed by atoms with van der Waals surface area (Å²) in [6.07, 6.45) is 32.3. The van der Waals surface area contributed by atoms with Gasteiger partial charge in [0.05, 0.1) is 0 Å². The van der Waals surface area contributed by atoms with Crippen LogP contribution in [0.4, 0.5) is 0 Å². The third kappa shape index (κ3) is 18.6. The van der Waals surface area contributed by atoms with Gasteiger partial charge in [0.1, 0.15) is 0 Å². The standard InChI is InChI=1S/C33H66O2.H3N/c1-5-9-11-13-15-16-17-18-19-20-21-23-25-28-31(27-7-3)33(29-8-4,32(34)35)30-26-24-22-14-12-10-6-2;/h31H,5-30H2,1-4H3,(H,34,35);1H3. The molecule has 0 fully saturated rings. The van der Waals surface area contributed by atoms with E-state index in [1.165, 1.54) is 122 Å². The normalized spacial score (nSPS) is 13.8. The van der Waals surface area contributed by atoms with E-state index >= 15 is 0 Å². The molecule has 0 saturated carbocycles. The average molecular weight is 512 g/mol. The van der Waals surface area contributed by atoms with Crippen LogP contribution in [-0.4, -0.2) is 5.97 Å². The van der Waals surface area contributed by atoms with Crippen molar-refractivity contribution in [2.45, 2.75) is 195 Å². The van der Waals surface area contributed by atoms with Crippen molar-refractivity contribution in [3.05, 3.63) is 0 Å². The number of quaternary nitrogens is 1. The molecular formula is C33H69NO2. The van der Waals surface area contributed by atoms with E-state index in [0.29, 0.717) is 5.92 Å². The lowest BCUT2D eigenvalue weighted by atomic mass is 9.65. The predicted molar refractivity (Wildman–Crippen MR) is 160 cm³/mol. The van der Waals surface area contributed by atoms with Crippen LogP contribution in [0.25, 0.3) is 0 Å². The number of carbonyl (C=O) groups excluding carboxylic acids is 1. The summed E-state index contributed by atoms with van der Waals surface area (Å²) in [5.74, 6) is -0.455. The first kappa shape index (κ1) is 37.6. The van der Waals surface area contributed by atoms with Crippen molar-refractivity contribution in [2.24, 2.45) is 11.3 Å². The van der Waals surface area contributed by atoms with E-state index in [-0.39, 0.29) is 6.15 Å². The minimum Gasteiger partial charge on any atom is -0.550 e. The SMILES string of the molecule is CCCCCCCCCCCCCCCC(CCC)C(CCC)(CCCCCCCCC)C(=O)[O-].[NH4+]. The van der Waals surface area contributed by atoms with Gasteiger partial charge < -0.3 is 16.1 Å². The highest BCUT2D eigenvalue weighted by atomic mass is 16.4. The Kier molecular flexibility index (Phi) is 28.7. The minimum absolute atomic E-state index is 0. The number of unbranched alkanes of at least 4 members (excludes halogenated alkanes) is 18. The molecule has 0 bridgehead atoms. The fourth-order valence-electron chi connectivity index (χ4n) is 6.20. The lowest BCUT2D eigenvalue weighted by Crippen LogP contribution is -2.47. The quantitative estimate of drug-likeness (QED) is 0.106. The molecule has 4 N–H and O–H groups in total. The molecule has 0 aromatic heterocycles. The van der Waals surface area contributed by atoms with Crippen LogP contribution in [0.15, 0.2) is 0 Å². The molecule has 0 radical (unpaired) electrons. The predicted octanol–water partition coefficient (Wildman–Crippen LogP) is 10.9. The number of rotatable bonds is 28. The van der Waals surface area contributed by atoms with Gasteiger partial charge in [0, 0.05) is 11.4 Å². The maximum Gasteiger partial charge on any atom is 0.0478 e. The molecule has 0 amide bonds. The summed E-state index contributed by atoms with van der Waals surface area (Å²) in [6, 6.07) is 0. The molecule has 2 atom stereocenters. The Labute approximate surface area is 228 Å². The summed E-state index contributed by atoms with van der Waals surface area (Å²) in [6.45, 7) is 8.91. The molecule has 0 aromatic rings. The average Bonchev–Trinajstić information content (AvgIpc) is 2.84. The third-order valence-corrected chi connectivity index (χ3v) is 8.40. The van der Waals surface area contributed by atoms with Crippen LogP contribution in [0.2, 0.25) is 0 Å². The van der Waals surface area contributed by atoms with E-state index in [2.05, 4.69) is 27.7 Å². The van der Waals surface area contributed by atoms with Gasteiger partial charge in [-0.2, -0.15) is 0 Å². The molecule has 0 aliphatic heterocycles. The van der Waals surface area contributed by atoms with Gasteiger partial charge in [0.2, 0.25) is 0 Å². The highest BCUT2D eigenvalue weighted by Crippen LogP contribution is 2.43. The molecule has 0 spiro atoms. The lowest BCUT2D eigenvalue weighted by molar-refractivity contribution is -0.323. The smallest absolute Gasteiger partial charge is 0.0478 e. The summed E-state index contributed by atoms with van der Waals surface area (Å²) in [5.41, 5.74) is -0.592. The Morgan fingerprint density at radius 3 is 1.25 bits per heavy atom. The molecule has 0 aliphatic rings. The van der Waals surface area contributed by atoms with Gasteiger partial charge in [-0.15, -0.1) is 0 Å². The van der Waals surface area contributed by atoms with Crippen LogP contribution < -0.4 is 11.3 Å². The fraction of sp³-hybridized carbons (Fsp3) is 0.970. The van der Waals surface area contributed by atoms with Crippen LogP contribution in [0.3, 0.4) is 0 Å². The number of carboxylic acid groups (broad SMARTS) is 1. The van der Waals surface area contributed by atoms with E-state index in [0.717, 1.165) is 44.9 Å². The Morgan fingerprint density at radius 1 is 0.500 bits per heavy atom. The minimum atomic E-state index is -0.751. The molecule has 0 rings (SSSR count). The Bertz CT molecular complexity index is 453. The molecule has 3 heteroatoms. The third-order valence-electron chi connectivity index (χ3n) is 8.40. The van der Waals surface area contributed by atoms with Crippen LogP contribution >= 0.6 is 0 Å². The lowest BCUT2D eigenvalue weighted by Gasteiger charge is -2.42. The molecule has 0 aromatic carbocycles. The van der Waals surface area contributed by atoms with Crippen LogP contribution in [0.5, 0.6) is 0 Å². The van der Waals surface area contributed by atoms with E-state index < -0.39 is 11.4 Å². The zero-order valence-electron chi connectivity index (χ0n) is 25.8. The largest absolute Gasteiger partial charge is 0.550 e. The first-order chi connectivity index (χ1) is 17.1. The van der Waals surface area contributed by atoms with E-state index in [1.54, 1.807) is 0 Å². The summed E-state index contributed by atoms with van der Waals surface area (Å²) in [4.78, 5) is 12.6. The van der Waals surface area contributed by atoms with Crippen molar-refractivity contribution in [3.8, 4) is 0 Å². The van der Waals surface area contributed by atoms with Crippen molar-refractivity contribution in [3.63, 3.8) is 0 Å². The second-order valence-corrected chi connectivity index (χ2v) is 11.6. The zero-order valence-corrected chi connectivity index (χ0v) is 25.8. The highest BCUT2D eigenvalue weighted by molar-refractivity contribution is 5.72. The van der Waals surface area contributed by atoms with Crippen molar-refractivity contribution in [2.75, 3.05) is 0 Å². The van der Waals surface area contributed by atoms with Crippen LogP contribution in [0, 0.1) is 11.3 Å². The van der Waals surface area contributed by atoms with Gasteiger partial charge in [-0.25, -0.2) is 0 Å². The fourth-order valence-corrected chi connectivity index (χ4v) is 6.20. The zero-order chi connectivity index (χ0) is 26.0. The second-order valence-electron chi connectivity index (χ2n) is 11.6. The maximum atomic E-state index is 12.6. The second kappa shape index (κ2) is 27.5. The van der Waals surface area contributed by atoms with Crippen LogP contribution in [0.1, 0.15) is 195 Å². The first-order valence-corrected chi connectivity index (χ1v) is 16.3. The topological polar surface area (TPSA) is 76.6 Å². The molecule has 0 aliphatic carbocycles. The Balaban J connectivity index is 0. The number of aliphatic carboxylic acids is 1. The highest BCUT2D eigenvalue weighted by Gasteiger charge is 2.38. The van der Waals surface area contributed by atoms with Gasteiger partial charge >= 0.3 is 0 Å². The Morgan fingerprint density at radius 2 is 0.889 bits per heavy atom. The number of hydrogen-bond acceptors (Lipinski definition) is 2. The van der Waals surface area contributed by atoms with Gasteiger partial charge in [-0.05, 0) is 31.6 Å². The van der Waals surface area contributed by atoms with Gasteiger partial charge in [0.25, 0.3) is 0 Å². The monoisotopic (exact) mass is 512 g/mol. The van der Waals surface area contributed by atoms with Gasteiger partial charge in [-0.3, -0.25) is 0 Å². The van der Waals surface area contributed by atoms with E-state index in [1.807, 2.05) is 0 Å². The molecule has 2 unspecified atom stereocenters. The molecule has 218 valence electrons. The number of hydrogen-bond donors (Lipinski definition) is 1. The number of carboxylic acids is 1. The summed E-state index contributed by atoms with van der Waals surface area (Å²) in [7, 11) is 0. The summed E-state index contributed by atoms with van der Waals surface area (Å²) in [5, 5.41) is 12.6. The summed E-state index contributed by atoms with van der Waals surface area (Å²) >= 11 is 0. The number of carbonyl (C=O) groups is 1. The van der Waals surface area contributed by atoms with E-state index in [9.17, 15) is 9.90 Å². The van der Waals surface area contributed by atoms with Crippen molar-refractivity contribution < 1.29 is 9.90 Å². The van der Waals surface area contributed by atoms with Crippen molar-refractivity contribution in [1.82, 2.24) is 6.15 Å². The van der Waals surface area contributed by atoms with Crippen molar-refractivity contribution in [1.29, 1.82) is 0 Å². The van der Waals surface area contributed by atoms with E-state index in [4.69, 9.17) is 0 Å². The van der Waals surface area contributed by atoms with Crippen molar-refractivity contribution >= 4 is 5.97 Å². The van der Waals surface area contributed by atoms with Gasteiger partial charge in [0.15, 0.2) is 0 Å².